The van der Waals surface area contributed by atoms with Gasteiger partial charge in [-0.2, -0.15) is 0 Å². The van der Waals surface area contributed by atoms with Gasteiger partial charge in [0, 0.05) is 12.6 Å². The van der Waals surface area contributed by atoms with Crippen LogP contribution in [-0.2, 0) is 4.79 Å². The van der Waals surface area contributed by atoms with Crippen LogP contribution in [0.2, 0.25) is 0 Å². The third-order valence-electron chi connectivity index (χ3n) is 3.31. The van der Waals surface area contributed by atoms with Crippen molar-refractivity contribution in [2.24, 2.45) is 0 Å². The van der Waals surface area contributed by atoms with Crippen LogP contribution in [0, 0.1) is 0 Å². The van der Waals surface area contributed by atoms with E-state index in [1.54, 1.807) is 0 Å². The number of carbonyl (C=O) groups is 1. The number of carbonyl (C=O) groups excluding carboxylic acids is 1. The van der Waals surface area contributed by atoms with Gasteiger partial charge in [-0.05, 0) is 38.8 Å². The minimum atomic E-state index is 0.0557. The molecule has 0 radical (unpaired) electrons. The summed E-state index contributed by atoms with van der Waals surface area (Å²) in [5, 5.41) is 9.67. The Bertz CT molecular complexity index is 208. The third-order valence-corrected chi connectivity index (χ3v) is 3.31. The van der Waals surface area contributed by atoms with Crippen LogP contribution in [0.5, 0.6) is 0 Å². The van der Waals surface area contributed by atoms with Gasteiger partial charge in [-0.3, -0.25) is 4.79 Å². The van der Waals surface area contributed by atoms with Gasteiger partial charge >= 0.3 is 0 Å². The van der Waals surface area contributed by atoms with Crippen LogP contribution in [0.1, 0.15) is 32.1 Å². The van der Waals surface area contributed by atoms with Crippen LogP contribution in [0.25, 0.3) is 0 Å². The van der Waals surface area contributed by atoms with Crippen molar-refractivity contribution < 1.29 is 4.79 Å². The van der Waals surface area contributed by atoms with E-state index in [9.17, 15) is 4.79 Å². The summed E-state index contributed by atoms with van der Waals surface area (Å²) in [5.74, 6) is 0.184. The molecular formula is C11H21N3O. The highest BCUT2D eigenvalue weighted by molar-refractivity contribution is 5.81. The number of hydrogen-bond acceptors (Lipinski definition) is 3. The fraction of sp³-hybridized carbons (Fsp3) is 0.909. The lowest BCUT2D eigenvalue weighted by Crippen LogP contribution is -2.49. The molecule has 2 heterocycles. The first-order valence-corrected chi connectivity index (χ1v) is 6.11. The summed E-state index contributed by atoms with van der Waals surface area (Å²) in [4.78, 5) is 11.8. The molecule has 4 heteroatoms. The summed E-state index contributed by atoms with van der Waals surface area (Å²) >= 11 is 0. The van der Waals surface area contributed by atoms with E-state index in [2.05, 4.69) is 16.0 Å². The summed E-state index contributed by atoms with van der Waals surface area (Å²) in [6.07, 6.45) is 5.80. The summed E-state index contributed by atoms with van der Waals surface area (Å²) < 4.78 is 0. The number of piperidine rings is 1. The van der Waals surface area contributed by atoms with Crippen LogP contribution in [0.15, 0.2) is 0 Å². The minimum Gasteiger partial charge on any atom is -0.353 e. The molecule has 0 saturated carbocycles. The lowest BCUT2D eigenvalue weighted by Gasteiger charge is -2.23. The second kappa shape index (κ2) is 5.47. The molecule has 2 saturated heterocycles. The summed E-state index contributed by atoms with van der Waals surface area (Å²) in [6, 6.07) is 0.553. The molecule has 0 aromatic rings. The van der Waals surface area contributed by atoms with Gasteiger partial charge < -0.3 is 16.0 Å². The average Bonchev–Trinajstić information content (AvgIpc) is 2.80. The monoisotopic (exact) mass is 211 g/mol. The smallest absolute Gasteiger partial charge is 0.237 e. The number of hydrogen-bond donors (Lipinski definition) is 3. The lowest BCUT2D eigenvalue weighted by atomic mass is 10.0. The van der Waals surface area contributed by atoms with E-state index in [0.29, 0.717) is 6.04 Å². The second-order valence-electron chi connectivity index (χ2n) is 4.54. The van der Waals surface area contributed by atoms with Crippen molar-refractivity contribution >= 4 is 5.91 Å². The molecule has 0 bridgehead atoms. The average molecular weight is 211 g/mol. The Labute approximate surface area is 91.2 Å². The van der Waals surface area contributed by atoms with Gasteiger partial charge in [0.05, 0.1) is 6.04 Å². The van der Waals surface area contributed by atoms with Crippen LogP contribution < -0.4 is 16.0 Å². The number of nitrogens with one attached hydrogen (secondary N) is 3. The molecular weight excluding hydrogens is 190 g/mol. The van der Waals surface area contributed by atoms with E-state index in [1.165, 1.54) is 25.7 Å². The van der Waals surface area contributed by atoms with Crippen molar-refractivity contribution in [2.45, 2.75) is 44.2 Å². The molecule has 0 aliphatic carbocycles. The molecule has 0 aromatic carbocycles. The Balaban J connectivity index is 1.66. The zero-order valence-electron chi connectivity index (χ0n) is 9.22. The molecule has 2 rings (SSSR count). The molecule has 15 heavy (non-hydrogen) atoms. The molecule has 3 N–H and O–H groups in total. The van der Waals surface area contributed by atoms with Gasteiger partial charge in [0.15, 0.2) is 0 Å². The number of rotatable bonds is 3. The van der Waals surface area contributed by atoms with Crippen molar-refractivity contribution in [1.82, 2.24) is 16.0 Å². The molecule has 2 aliphatic heterocycles. The van der Waals surface area contributed by atoms with Crippen molar-refractivity contribution in [2.75, 3.05) is 19.6 Å². The van der Waals surface area contributed by atoms with Gasteiger partial charge in [0.1, 0.15) is 0 Å². The maximum atomic E-state index is 11.8. The Hall–Kier alpha value is -0.610. The Morgan fingerprint density at radius 3 is 2.67 bits per heavy atom. The van der Waals surface area contributed by atoms with Crippen LogP contribution in [-0.4, -0.2) is 37.6 Å². The summed E-state index contributed by atoms with van der Waals surface area (Å²) in [7, 11) is 0. The Morgan fingerprint density at radius 1 is 1.13 bits per heavy atom. The first-order chi connectivity index (χ1) is 7.36. The van der Waals surface area contributed by atoms with Gasteiger partial charge in [-0.1, -0.05) is 6.42 Å². The van der Waals surface area contributed by atoms with E-state index in [-0.39, 0.29) is 11.9 Å². The predicted octanol–water partition coefficient (Wildman–Crippen LogP) is -0.00330. The zero-order valence-corrected chi connectivity index (χ0v) is 9.22. The fourth-order valence-electron chi connectivity index (χ4n) is 2.35. The second-order valence-corrected chi connectivity index (χ2v) is 4.54. The highest BCUT2D eigenvalue weighted by Gasteiger charge is 2.21. The van der Waals surface area contributed by atoms with Gasteiger partial charge in [0.2, 0.25) is 5.91 Å². The highest BCUT2D eigenvalue weighted by Crippen LogP contribution is 2.07. The van der Waals surface area contributed by atoms with E-state index in [4.69, 9.17) is 0 Å². The first kappa shape index (κ1) is 10.9. The topological polar surface area (TPSA) is 53.2 Å². The van der Waals surface area contributed by atoms with E-state index >= 15 is 0 Å². The molecule has 1 amide bonds. The molecule has 2 aliphatic rings. The highest BCUT2D eigenvalue weighted by atomic mass is 16.2. The first-order valence-electron chi connectivity index (χ1n) is 6.11. The molecule has 2 atom stereocenters. The van der Waals surface area contributed by atoms with Gasteiger partial charge in [-0.15, -0.1) is 0 Å². The van der Waals surface area contributed by atoms with Crippen LogP contribution in [0.4, 0.5) is 0 Å². The SMILES string of the molecule is O=C(NCC1CCCN1)[C@H]1CCCCN1. The molecule has 1 unspecified atom stereocenters. The lowest BCUT2D eigenvalue weighted by molar-refractivity contribution is -0.123. The largest absolute Gasteiger partial charge is 0.353 e. The van der Waals surface area contributed by atoms with Crippen LogP contribution >= 0.6 is 0 Å². The predicted molar refractivity (Wildman–Crippen MR) is 59.7 cm³/mol. The maximum absolute atomic E-state index is 11.8. The van der Waals surface area contributed by atoms with Crippen LogP contribution in [0.3, 0.4) is 0 Å². The van der Waals surface area contributed by atoms with Gasteiger partial charge in [-0.25, -0.2) is 0 Å². The normalized spacial score (nSPS) is 31.5. The van der Waals surface area contributed by atoms with Crippen molar-refractivity contribution in [3.63, 3.8) is 0 Å². The standard InChI is InChI=1S/C11H21N3O/c15-11(10-5-1-2-6-13-10)14-8-9-4-3-7-12-9/h9-10,12-13H,1-8H2,(H,14,15)/t9?,10-/m1/s1. The minimum absolute atomic E-state index is 0.0557. The maximum Gasteiger partial charge on any atom is 0.237 e. The summed E-state index contributed by atoms with van der Waals surface area (Å²) in [5.41, 5.74) is 0. The van der Waals surface area contributed by atoms with E-state index < -0.39 is 0 Å². The van der Waals surface area contributed by atoms with Gasteiger partial charge in [0.25, 0.3) is 0 Å². The Kier molecular flexibility index (Phi) is 3.97. The quantitative estimate of drug-likeness (QED) is 0.616. The fourth-order valence-corrected chi connectivity index (χ4v) is 2.35. The number of amides is 1. The Morgan fingerprint density at radius 2 is 2.00 bits per heavy atom. The van der Waals surface area contributed by atoms with E-state index in [0.717, 1.165) is 26.1 Å². The zero-order chi connectivity index (χ0) is 10.5. The van der Waals surface area contributed by atoms with Crippen molar-refractivity contribution in [3.8, 4) is 0 Å². The third kappa shape index (κ3) is 3.18. The molecule has 4 nitrogen and oxygen atoms in total. The molecule has 0 aromatic heterocycles. The molecule has 2 fully saturated rings. The molecule has 86 valence electrons. The molecule has 0 spiro atoms. The van der Waals surface area contributed by atoms with E-state index in [1.807, 2.05) is 0 Å². The summed E-state index contributed by atoms with van der Waals surface area (Å²) in [6.45, 7) is 2.87. The van der Waals surface area contributed by atoms with Crippen molar-refractivity contribution in [1.29, 1.82) is 0 Å². The van der Waals surface area contributed by atoms with Crippen molar-refractivity contribution in [3.05, 3.63) is 0 Å².